The Labute approximate surface area is 188 Å². The van der Waals surface area contributed by atoms with Gasteiger partial charge >= 0.3 is 0 Å². The first-order valence-corrected chi connectivity index (χ1v) is 10.3. The predicted octanol–water partition coefficient (Wildman–Crippen LogP) is 2.69. The summed E-state index contributed by atoms with van der Waals surface area (Å²) in [6, 6.07) is 8.52. The summed E-state index contributed by atoms with van der Waals surface area (Å²) >= 11 is 1.79. The van der Waals surface area contributed by atoms with Crippen molar-refractivity contribution in [2.75, 3.05) is 53.9 Å². The summed E-state index contributed by atoms with van der Waals surface area (Å²) < 4.78 is 1.32. The zero-order chi connectivity index (χ0) is 19.2. The third-order valence-corrected chi connectivity index (χ3v) is 6.03. The van der Waals surface area contributed by atoms with Crippen LogP contribution >= 0.6 is 35.3 Å². The Balaban J connectivity index is 0.00000280. The van der Waals surface area contributed by atoms with Crippen molar-refractivity contribution in [3.8, 4) is 0 Å². The number of carbonyl (C=O) groups excluding carboxylic acids is 1. The zero-order valence-electron chi connectivity index (χ0n) is 16.9. The fraction of sp³-hybridized carbons (Fsp3) is 0.500. The van der Waals surface area contributed by atoms with Crippen molar-refractivity contribution in [3.05, 3.63) is 35.2 Å². The van der Waals surface area contributed by atoms with E-state index in [9.17, 15) is 4.79 Å². The number of benzene rings is 1. The number of nitrogens with one attached hydrogen (secondary N) is 1. The zero-order valence-corrected chi connectivity index (χ0v) is 20.0. The number of fused-ring (bicyclic) bond motifs is 1. The van der Waals surface area contributed by atoms with Gasteiger partial charge in [-0.05, 0) is 22.4 Å². The Morgan fingerprint density at radius 3 is 2.61 bits per heavy atom. The van der Waals surface area contributed by atoms with Crippen LogP contribution in [-0.2, 0) is 11.3 Å². The molecule has 0 saturated carbocycles. The van der Waals surface area contributed by atoms with Crippen LogP contribution in [0.25, 0.3) is 10.1 Å². The fourth-order valence-corrected chi connectivity index (χ4v) is 4.30. The lowest BCUT2D eigenvalue weighted by molar-refractivity contribution is -0.129. The van der Waals surface area contributed by atoms with Gasteiger partial charge in [-0.3, -0.25) is 14.7 Å². The molecule has 0 atom stereocenters. The molecular formula is C20H30IN5OS. The summed E-state index contributed by atoms with van der Waals surface area (Å²) in [5.41, 5.74) is 1.32. The number of guanidine groups is 1. The Morgan fingerprint density at radius 1 is 1.21 bits per heavy atom. The molecule has 1 aromatic carbocycles. The first kappa shape index (κ1) is 22.9. The summed E-state index contributed by atoms with van der Waals surface area (Å²) in [6.45, 7) is 5.40. The van der Waals surface area contributed by atoms with E-state index in [1.807, 2.05) is 21.1 Å². The summed E-state index contributed by atoms with van der Waals surface area (Å²) in [5, 5.41) is 7.06. The van der Waals surface area contributed by atoms with E-state index in [0.29, 0.717) is 6.42 Å². The van der Waals surface area contributed by atoms with Crippen molar-refractivity contribution in [1.82, 2.24) is 20.0 Å². The van der Waals surface area contributed by atoms with Gasteiger partial charge in [-0.25, -0.2) is 0 Å². The highest BCUT2D eigenvalue weighted by Gasteiger charge is 2.20. The first-order valence-electron chi connectivity index (χ1n) is 9.41. The SMILES string of the molecule is CN=C(NCc1csc2ccccc12)N1CCN(CCC(=O)N(C)C)CC1.I. The largest absolute Gasteiger partial charge is 0.352 e. The summed E-state index contributed by atoms with van der Waals surface area (Å²) in [4.78, 5) is 22.6. The molecule has 0 aliphatic carbocycles. The highest BCUT2D eigenvalue weighted by atomic mass is 127. The lowest BCUT2D eigenvalue weighted by Gasteiger charge is -2.36. The van der Waals surface area contributed by atoms with Crippen molar-refractivity contribution < 1.29 is 4.79 Å². The lowest BCUT2D eigenvalue weighted by atomic mass is 10.2. The van der Waals surface area contributed by atoms with Crippen LogP contribution in [0.5, 0.6) is 0 Å². The topological polar surface area (TPSA) is 51.2 Å². The van der Waals surface area contributed by atoms with Crippen LogP contribution in [0.4, 0.5) is 0 Å². The molecule has 1 saturated heterocycles. The Kier molecular flexibility index (Phi) is 8.97. The van der Waals surface area contributed by atoms with Crippen molar-refractivity contribution in [1.29, 1.82) is 0 Å². The molecule has 154 valence electrons. The van der Waals surface area contributed by atoms with Gasteiger partial charge < -0.3 is 15.1 Å². The standard InChI is InChI=1S/C20H29N5OS.HI/c1-21-20(22-14-16-15-27-18-7-5-4-6-17(16)18)25-12-10-24(11-13-25)9-8-19(26)23(2)3;/h4-7,15H,8-14H2,1-3H3,(H,21,22);1H. The second-order valence-corrected chi connectivity index (χ2v) is 7.94. The molecule has 0 unspecified atom stereocenters. The minimum atomic E-state index is 0. The van der Waals surface area contributed by atoms with Crippen LogP contribution in [0.2, 0.25) is 0 Å². The minimum Gasteiger partial charge on any atom is -0.352 e. The normalized spacial score (nSPS) is 15.4. The van der Waals surface area contributed by atoms with Gasteiger partial charge in [0.1, 0.15) is 0 Å². The van der Waals surface area contributed by atoms with Gasteiger partial charge in [0.05, 0.1) is 0 Å². The molecule has 1 aliphatic rings. The van der Waals surface area contributed by atoms with E-state index in [2.05, 4.69) is 49.8 Å². The van der Waals surface area contributed by atoms with Crippen LogP contribution in [0.1, 0.15) is 12.0 Å². The average Bonchev–Trinajstić information content (AvgIpc) is 3.10. The molecule has 0 spiro atoms. The maximum absolute atomic E-state index is 11.8. The second-order valence-electron chi connectivity index (χ2n) is 7.02. The number of hydrogen-bond acceptors (Lipinski definition) is 4. The fourth-order valence-electron chi connectivity index (χ4n) is 3.34. The number of carbonyl (C=O) groups is 1. The van der Waals surface area contributed by atoms with E-state index in [1.54, 1.807) is 16.2 Å². The molecule has 1 aromatic heterocycles. The summed E-state index contributed by atoms with van der Waals surface area (Å²) in [6.07, 6.45) is 0.588. The molecule has 2 heterocycles. The van der Waals surface area contributed by atoms with Crippen LogP contribution in [0.3, 0.4) is 0 Å². The molecule has 0 bridgehead atoms. The van der Waals surface area contributed by atoms with Crippen LogP contribution in [-0.4, -0.2) is 80.4 Å². The number of aliphatic imine (C=N–C) groups is 1. The number of nitrogens with zero attached hydrogens (tertiary/aromatic N) is 4. The molecule has 1 aliphatic heterocycles. The van der Waals surface area contributed by atoms with Gasteiger partial charge in [0.2, 0.25) is 5.91 Å². The second kappa shape index (κ2) is 11.0. The van der Waals surface area contributed by atoms with Gasteiger partial charge in [-0.15, -0.1) is 35.3 Å². The molecule has 1 amide bonds. The highest BCUT2D eigenvalue weighted by molar-refractivity contribution is 14.0. The van der Waals surface area contributed by atoms with Crippen LogP contribution < -0.4 is 5.32 Å². The molecular weight excluding hydrogens is 485 g/mol. The Morgan fingerprint density at radius 2 is 1.93 bits per heavy atom. The van der Waals surface area contributed by atoms with Gasteiger partial charge in [0.15, 0.2) is 5.96 Å². The monoisotopic (exact) mass is 515 g/mol. The Bertz CT molecular complexity index is 799. The molecule has 1 fully saturated rings. The van der Waals surface area contributed by atoms with E-state index in [0.717, 1.165) is 45.2 Å². The molecule has 2 aromatic rings. The molecule has 0 radical (unpaired) electrons. The van der Waals surface area contributed by atoms with Crippen LogP contribution in [0, 0.1) is 0 Å². The van der Waals surface area contributed by atoms with E-state index < -0.39 is 0 Å². The molecule has 6 nitrogen and oxygen atoms in total. The van der Waals surface area contributed by atoms with Gasteiger partial charge in [-0.1, -0.05) is 18.2 Å². The van der Waals surface area contributed by atoms with E-state index in [4.69, 9.17) is 0 Å². The number of thiophene rings is 1. The number of amides is 1. The average molecular weight is 515 g/mol. The Hall–Kier alpha value is -1.39. The van der Waals surface area contributed by atoms with Gasteiger partial charge in [-0.2, -0.15) is 0 Å². The van der Waals surface area contributed by atoms with Gasteiger partial charge in [0.25, 0.3) is 0 Å². The van der Waals surface area contributed by atoms with Crippen molar-refractivity contribution >= 4 is 57.3 Å². The maximum Gasteiger partial charge on any atom is 0.223 e. The maximum atomic E-state index is 11.8. The van der Waals surface area contributed by atoms with E-state index in [1.165, 1.54) is 15.6 Å². The van der Waals surface area contributed by atoms with Crippen molar-refractivity contribution in [2.24, 2.45) is 4.99 Å². The summed E-state index contributed by atoms with van der Waals surface area (Å²) in [5.74, 6) is 1.15. The lowest BCUT2D eigenvalue weighted by Crippen LogP contribution is -2.52. The molecule has 8 heteroatoms. The highest BCUT2D eigenvalue weighted by Crippen LogP contribution is 2.25. The number of piperazine rings is 1. The summed E-state index contributed by atoms with van der Waals surface area (Å²) in [7, 11) is 5.47. The van der Waals surface area contributed by atoms with Gasteiger partial charge in [0, 0.05) is 71.5 Å². The third-order valence-electron chi connectivity index (χ3n) is 5.02. The van der Waals surface area contributed by atoms with Crippen molar-refractivity contribution in [2.45, 2.75) is 13.0 Å². The van der Waals surface area contributed by atoms with E-state index in [-0.39, 0.29) is 29.9 Å². The molecule has 1 N–H and O–H groups in total. The number of hydrogen-bond donors (Lipinski definition) is 1. The molecule has 28 heavy (non-hydrogen) atoms. The smallest absolute Gasteiger partial charge is 0.223 e. The van der Waals surface area contributed by atoms with E-state index >= 15 is 0 Å². The number of halogens is 1. The quantitative estimate of drug-likeness (QED) is 0.378. The minimum absolute atomic E-state index is 0. The first-order chi connectivity index (χ1) is 13.1. The predicted molar refractivity (Wildman–Crippen MR) is 129 cm³/mol. The van der Waals surface area contributed by atoms with Crippen molar-refractivity contribution in [3.63, 3.8) is 0 Å². The third kappa shape index (κ3) is 5.81. The number of rotatable bonds is 5. The van der Waals surface area contributed by atoms with Crippen LogP contribution in [0.15, 0.2) is 34.6 Å². The molecule has 3 rings (SSSR count).